The Morgan fingerprint density at radius 1 is 1.60 bits per heavy atom. The molecule has 0 saturated carbocycles. The third-order valence-electron chi connectivity index (χ3n) is 3.05. The number of hydrogen-bond donors (Lipinski definition) is 0. The SMILES string of the molecule is [N-]=[N+]=NCC1CC(=O)N(c2ccc(Br)c([N+](=O)[O-])c2)C1. The summed E-state index contributed by atoms with van der Waals surface area (Å²) < 4.78 is 0.364. The molecule has 0 N–H and O–H groups in total. The normalized spacial score (nSPS) is 17.9. The van der Waals surface area contributed by atoms with E-state index < -0.39 is 4.92 Å². The average molecular weight is 340 g/mol. The van der Waals surface area contributed by atoms with E-state index >= 15 is 0 Å². The van der Waals surface area contributed by atoms with Gasteiger partial charge in [-0.2, -0.15) is 0 Å². The summed E-state index contributed by atoms with van der Waals surface area (Å²) in [6.45, 7) is 0.647. The molecule has 0 aliphatic carbocycles. The van der Waals surface area contributed by atoms with Crippen molar-refractivity contribution in [2.75, 3.05) is 18.0 Å². The van der Waals surface area contributed by atoms with Crippen molar-refractivity contribution in [3.63, 3.8) is 0 Å². The summed E-state index contributed by atoms with van der Waals surface area (Å²) in [6.07, 6.45) is 0.281. The summed E-state index contributed by atoms with van der Waals surface area (Å²) in [4.78, 5) is 26.5. The van der Waals surface area contributed by atoms with Gasteiger partial charge in [0, 0.05) is 30.5 Å². The van der Waals surface area contributed by atoms with Gasteiger partial charge in [-0.15, -0.1) is 0 Å². The van der Waals surface area contributed by atoms with E-state index in [1.165, 1.54) is 11.0 Å². The molecule has 0 radical (unpaired) electrons. The van der Waals surface area contributed by atoms with Gasteiger partial charge in [0.15, 0.2) is 0 Å². The van der Waals surface area contributed by atoms with E-state index in [9.17, 15) is 14.9 Å². The second-order valence-electron chi connectivity index (χ2n) is 4.38. The van der Waals surface area contributed by atoms with Crippen molar-refractivity contribution in [2.24, 2.45) is 11.0 Å². The van der Waals surface area contributed by atoms with Crippen LogP contribution in [-0.4, -0.2) is 23.9 Å². The molecule has 0 spiro atoms. The average Bonchev–Trinajstić information content (AvgIpc) is 2.78. The van der Waals surface area contributed by atoms with Gasteiger partial charge in [0.2, 0.25) is 5.91 Å². The molecule has 1 fully saturated rings. The highest BCUT2D eigenvalue weighted by Gasteiger charge is 2.31. The number of carbonyl (C=O) groups is 1. The van der Waals surface area contributed by atoms with Crippen LogP contribution in [0, 0.1) is 16.0 Å². The smallest absolute Gasteiger partial charge is 0.285 e. The lowest BCUT2D eigenvalue weighted by Gasteiger charge is -2.16. The zero-order valence-corrected chi connectivity index (χ0v) is 11.9. The molecule has 1 atom stereocenters. The first kappa shape index (κ1) is 14.3. The minimum Gasteiger partial charge on any atom is -0.312 e. The molecule has 1 saturated heterocycles. The molecule has 1 aromatic rings. The van der Waals surface area contributed by atoms with Crippen LogP contribution in [0.25, 0.3) is 10.4 Å². The molecule has 104 valence electrons. The number of nitro groups is 1. The fraction of sp³-hybridized carbons (Fsp3) is 0.364. The Morgan fingerprint density at radius 2 is 2.35 bits per heavy atom. The Hall–Kier alpha value is -2.12. The Morgan fingerprint density at radius 3 is 3.00 bits per heavy atom. The zero-order chi connectivity index (χ0) is 14.7. The summed E-state index contributed by atoms with van der Waals surface area (Å²) in [6, 6.07) is 4.55. The lowest BCUT2D eigenvalue weighted by molar-refractivity contribution is -0.385. The van der Waals surface area contributed by atoms with Gasteiger partial charge in [0.05, 0.1) is 15.1 Å². The molecule has 1 aliphatic heterocycles. The monoisotopic (exact) mass is 339 g/mol. The lowest BCUT2D eigenvalue weighted by Crippen LogP contribution is -2.24. The number of anilines is 1. The molecule has 20 heavy (non-hydrogen) atoms. The van der Waals surface area contributed by atoms with Gasteiger partial charge in [-0.3, -0.25) is 14.9 Å². The van der Waals surface area contributed by atoms with E-state index in [0.29, 0.717) is 16.7 Å². The molecular weight excluding hydrogens is 330 g/mol. The van der Waals surface area contributed by atoms with Crippen molar-refractivity contribution in [3.8, 4) is 0 Å². The summed E-state index contributed by atoms with van der Waals surface area (Å²) in [5, 5.41) is 14.4. The maximum absolute atomic E-state index is 11.9. The van der Waals surface area contributed by atoms with Crippen LogP contribution in [0.2, 0.25) is 0 Å². The lowest BCUT2D eigenvalue weighted by atomic mass is 10.1. The van der Waals surface area contributed by atoms with Crippen molar-refractivity contribution in [1.29, 1.82) is 0 Å². The highest BCUT2D eigenvalue weighted by atomic mass is 79.9. The van der Waals surface area contributed by atoms with E-state index in [0.717, 1.165) is 0 Å². The van der Waals surface area contributed by atoms with Crippen molar-refractivity contribution >= 4 is 33.2 Å². The molecule has 1 aliphatic rings. The van der Waals surface area contributed by atoms with E-state index in [1.54, 1.807) is 12.1 Å². The number of nitrogens with zero attached hydrogens (tertiary/aromatic N) is 5. The molecule has 1 amide bonds. The van der Waals surface area contributed by atoms with Crippen LogP contribution in [0.5, 0.6) is 0 Å². The number of hydrogen-bond acceptors (Lipinski definition) is 4. The molecule has 0 bridgehead atoms. The third-order valence-corrected chi connectivity index (χ3v) is 3.72. The van der Waals surface area contributed by atoms with Crippen LogP contribution in [0.15, 0.2) is 27.8 Å². The maximum atomic E-state index is 11.9. The number of azide groups is 1. The zero-order valence-electron chi connectivity index (χ0n) is 10.3. The predicted octanol–water partition coefficient (Wildman–Crippen LogP) is 3.02. The first-order valence-corrected chi connectivity index (χ1v) is 6.57. The molecule has 1 heterocycles. The van der Waals surface area contributed by atoms with Crippen molar-refractivity contribution < 1.29 is 9.72 Å². The fourth-order valence-electron chi connectivity index (χ4n) is 2.11. The van der Waals surface area contributed by atoms with E-state index in [2.05, 4.69) is 26.0 Å². The molecule has 0 aromatic heterocycles. The summed E-state index contributed by atoms with van der Waals surface area (Å²) in [5.74, 6) is -0.180. The van der Waals surface area contributed by atoms with Crippen LogP contribution in [-0.2, 0) is 4.79 Å². The summed E-state index contributed by atoms with van der Waals surface area (Å²) in [5.41, 5.74) is 8.67. The van der Waals surface area contributed by atoms with Crippen LogP contribution >= 0.6 is 15.9 Å². The topological polar surface area (TPSA) is 112 Å². The van der Waals surface area contributed by atoms with E-state index in [4.69, 9.17) is 5.53 Å². The van der Waals surface area contributed by atoms with Gasteiger partial charge in [0.25, 0.3) is 5.69 Å². The number of nitro benzene ring substituents is 1. The first-order valence-electron chi connectivity index (χ1n) is 5.78. The third kappa shape index (κ3) is 2.89. The van der Waals surface area contributed by atoms with Gasteiger partial charge in [-0.25, -0.2) is 0 Å². The molecule has 1 aromatic carbocycles. The van der Waals surface area contributed by atoms with Crippen molar-refractivity contribution in [1.82, 2.24) is 0 Å². The van der Waals surface area contributed by atoms with Gasteiger partial charge in [0.1, 0.15) is 0 Å². The Bertz CT molecular complexity index is 614. The van der Waals surface area contributed by atoms with Gasteiger partial charge < -0.3 is 4.90 Å². The highest BCUT2D eigenvalue weighted by molar-refractivity contribution is 9.10. The molecule has 9 heteroatoms. The van der Waals surface area contributed by atoms with Crippen LogP contribution in [0.4, 0.5) is 11.4 Å². The Balaban J connectivity index is 2.24. The molecular formula is C11H10BrN5O3. The van der Waals surface area contributed by atoms with Gasteiger partial charge >= 0.3 is 0 Å². The first-order chi connectivity index (χ1) is 9.52. The van der Waals surface area contributed by atoms with E-state index in [1.807, 2.05) is 0 Å². The molecule has 8 nitrogen and oxygen atoms in total. The summed E-state index contributed by atoms with van der Waals surface area (Å²) >= 11 is 3.10. The summed E-state index contributed by atoms with van der Waals surface area (Å²) in [7, 11) is 0. The van der Waals surface area contributed by atoms with Crippen LogP contribution in [0.3, 0.4) is 0 Å². The maximum Gasteiger partial charge on any atom is 0.285 e. The molecule has 1 unspecified atom stereocenters. The van der Waals surface area contributed by atoms with Gasteiger partial charge in [-0.05, 0) is 39.5 Å². The largest absolute Gasteiger partial charge is 0.312 e. The molecule has 2 rings (SSSR count). The minimum absolute atomic E-state index is 0.0545. The Labute approximate surface area is 122 Å². The quantitative estimate of drug-likeness (QED) is 0.276. The van der Waals surface area contributed by atoms with Crippen molar-refractivity contribution in [2.45, 2.75) is 6.42 Å². The van der Waals surface area contributed by atoms with Crippen molar-refractivity contribution in [3.05, 3.63) is 43.2 Å². The number of rotatable bonds is 4. The predicted molar refractivity (Wildman–Crippen MR) is 75.3 cm³/mol. The van der Waals surface area contributed by atoms with Crippen LogP contribution in [0.1, 0.15) is 6.42 Å². The highest BCUT2D eigenvalue weighted by Crippen LogP contribution is 2.32. The fourth-order valence-corrected chi connectivity index (χ4v) is 2.51. The Kier molecular flexibility index (Phi) is 4.21. The van der Waals surface area contributed by atoms with E-state index in [-0.39, 0.29) is 30.5 Å². The standard InChI is InChI=1S/C11H10BrN5O3/c12-9-2-1-8(4-10(9)17(19)20)16-6-7(3-11(16)18)5-14-15-13/h1-2,4,7H,3,5-6H2. The minimum atomic E-state index is -0.508. The van der Waals surface area contributed by atoms with Crippen LogP contribution < -0.4 is 4.90 Å². The number of carbonyl (C=O) groups excluding carboxylic acids is 1. The number of benzene rings is 1. The number of halogens is 1. The second kappa shape index (κ2) is 5.89. The van der Waals surface area contributed by atoms with Gasteiger partial charge in [-0.1, -0.05) is 5.11 Å². The second-order valence-corrected chi connectivity index (χ2v) is 5.24. The number of amides is 1.